The van der Waals surface area contributed by atoms with E-state index >= 15 is 0 Å². The Morgan fingerprint density at radius 1 is 0.839 bits per heavy atom. The fraction of sp³-hybridized carbons (Fsp3) is 0.231. The highest BCUT2D eigenvalue weighted by atomic mass is 16.2. The third kappa shape index (κ3) is 5.80. The molecule has 3 aromatic carbocycles. The largest absolute Gasteiger partial charge is 0.325 e. The first-order valence-electron chi connectivity index (χ1n) is 10.3. The highest BCUT2D eigenvalue weighted by Gasteiger charge is 2.27. The van der Waals surface area contributed by atoms with E-state index in [4.69, 9.17) is 0 Å². The second-order valence-corrected chi connectivity index (χ2v) is 7.88. The molecule has 0 bridgehead atoms. The molecule has 3 rings (SSSR count). The Labute approximate surface area is 184 Å². The Bertz CT molecular complexity index is 1050. The minimum absolute atomic E-state index is 0.0776. The van der Waals surface area contributed by atoms with Crippen LogP contribution in [0.15, 0.2) is 72.8 Å². The summed E-state index contributed by atoms with van der Waals surface area (Å²) in [5.41, 5.74) is 5.62. The van der Waals surface area contributed by atoms with Gasteiger partial charge in [0.25, 0.3) is 0 Å². The van der Waals surface area contributed by atoms with Gasteiger partial charge in [-0.25, -0.2) is 0 Å². The van der Waals surface area contributed by atoms with E-state index in [0.717, 1.165) is 33.6 Å². The maximum absolute atomic E-state index is 13.2. The molecular formula is C26H29N3O2. The first-order chi connectivity index (χ1) is 14.8. The molecule has 5 nitrogen and oxygen atoms in total. The maximum Gasteiger partial charge on any atom is 0.246 e. The van der Waals surface area contributed by atoms with E-state index in [9.17, 15) is 9.59 Å². The molecule has 0 fully saturated rings. The summed E-state index contributed by atoms with van der Waals surface area (Å²) in [6.07, 6.45) is 0. The van der Waals surface area contributed by atoms with Crippen LogP contribution in [0.25, 0.3) is 0 Å². The van der Waals surface area contributed by atoms with Crippen LogP contribution in [0.1, 0.15) is 28.3 Å². The van der Waals surface area contributed by atoms with Gasteiger partial charge in [0.1, 0.15) is 6.04 Å². The van der Waals surface area contributed by atoms with Crippen LogP contribution in [-0.2, 0) is 9.59 Å². The number of carbonyl (C=O) groups excluding carboxylic acids is 2. The molecule has 31 heavy (non-hydrogen) atoms. The van der Waals surface area contributed by atoms with Crippen LogP contribution >= 0.6 is 0 Å². The van der Waals surface area contributed by atoms with Gasteiger partial charge in [0, 0.05) is 11.4 Å². The Morgan fingerprint density at radius 2 is 1.52 bits per heavy atom. The van der Waals surface area contributed by atoms with E-state index in [1.165, 1.54) is 0 Å². The van der Waals surface area contributed by atoms with Gasteiger partial charge in [0.05, 0.1) is 6.54 Å². The summed E-state index contributed by atoms with van der Waals surface area (Å²) >= 11 is 0. The number of aryl methyl sites for hydroxylation is 2. The predicted molar refractivity (Wildman–Crippen MR) is 126 cm³/mol. The highest BCUT2D eigenvalue weighted by Crippen LogP contribution is 2.23. The van der Waals surface area contributed by atoms with Gasteiger partial charge >= 0.3 is 0 Å². The van der Waals surface area contributed by atoms with Crippen molar-refractivity contribution in [1.82, 2.24) is 4.90 Å². The van der Waals surface area contributed by atoms with Crippen molar-refractivity contribution < 1.29 is 9.59 Å². The van der Waals surface area contributed by atoms with E-state index in [0.29, 0.717) is 0 Å². The average molecular weight is 416 g/mol. The molecule has 0 spiro atoms. The quantitative estimate of drug-likeness (QED) is 0.579. The minimum atomic E-state index is -0.605. The zero-order valence-electron chi connectivity index (χ0n) is 18.5. The van der Waals surface area contributed by atoms with Crippen molar-refractivity contribution in [3.05, 3.63) is 95.1 Å². The minimum Gasteiger partial charge on any atom is -0.325 e. The number of amides is 2. The number of carbonyl (C=O) groups is 2. The molecule has 0 aliphatic carbocycles. The van der Waals surface area contributed by atoms with Crippen molar-refractivity contribution in [2.75, 3.05) is 24.2 Å². The molecule has 5 heteroatoms. The lowest BCUT2D eigenvalue weighted by molar-refractivity contribution is -0.123. The molecule has 160 valence electrons. The molecule has 2 amide bonds. The molecule has 0 saturated carbocycles. The van der Waals surface area contributed by atoms with Crippen LogP contribution in [0.2, 0.25) is 0 Å². The number of nitrogens with zero attached hydrogens (tertiary/aromatic N) is 1. The number of rotatable bonds is 7. The SMILES string of the molecule is Cc1ccc(NC(=O)[C@H](c2ccccc2)N(C)CC(=O)Nc2cccc(C)c2C)cc1. The smallest absolute Gasteiger partial charge is 0.246 e. The average Bonchev–Trinajstić information content (AvgIpc) is 2.74. The number of nitrogens with one attached hydrogen (secondary N) is 2. The molecule has 0 aliphatic rings. The number of likely N-dealkylation sites (N-methyl/N-ethyl adjacent to an activating group) is 1. The van der Waals surface area contributed by atoms with Crippen LogP contribution in [-0.4, -0.2) is 30.3 Å². The van der Waals surface area contributed by atoms with Crippen molar-refractivity contribution >= 4 is 23.2 Å². The Kier molecular flexibility index (Phi) is 7.21. The van der Waals surface area contributed by atoms with Crippen LogP contribution in [0.3, 0.4) is 0 Å². The van der Waals surface area contributed by atoms with Crippen molar-refractivity contribution in [2.45, 2.75) is 26.8 Å². The van der Waals surface area contributed by atoms with Crippen LogP contribution < -0.4 is 10.6 Å². The highest BCUT2D eigenvalue weighted by molar-refractivity contribution is 5.97. The van der Waals surface area contributed by atoms with Gasteiger partial charge in [-0.15, -0.1) is 0 Å². The van der Waals surface area contributed by atoms with Gasteiger partial charge in [-0.2, -0.15) is 0 Å². The van der Waals surface area contributed by atoms with Crippen molar-refractivity contribution in [3.8, 4) is 0 Å². The topological polar surface area (TPSA) is 61.4 Å². The lowest BCUT2D eigenvalue weighted by Crippen LogP contribution is -2.39. The van der Waals surface area contributed by atoms with Gasteiger partial charge in [-0.1, -0.05) is 60.2 Å². The standard InChI is InChI=1S/C26H29N3O2/c1-18-13-15-22(16-14-18)27-26(31)25(21-10-6-5-7-11-21)29(4)17-24(30)28-23-12-8-9-19(2)20(23)3/h5-16,25H,17H2,1-4H3,(H,27,31)(H,28,30)/t25-/m0/s1. The number of benzene rings is 3. The molecule has 0 unspecified atom stereocenters. The van der Waals surface area contributed by atoms with Gasteiger partial charge in [0.15, 0.2) is 0 Å². The lowest BCUT2D eigenvalue weighted by Gasteiger charge is -2.27. The molecule has 1 atom stereocenters. The Hall–Kier alpha value is -3.44. The summed E-state index contributed by atoms with van der Waals surface area (Å²) in [7, 11) is 1.79. The normalized spacial score (nSPS) is 11.8. The first kappa shape index (κ1) is 22.2. The molecule has 0 radical (unpaired) electrons. The fourth-order valence-corrected chi connectivity index (χ4v) is 3.48. The Balaban J connectivity index is 1.76. The monoisotopic (exact) mass is 415 g/mol. The zero-order valence-corrected chi connectivity index (χ0v) is 18.5. The Morgan fingerprint density at radius 3 is 2.19 bits per heavy atom. The number of anilines is 2. The van der Waals surface area contributed by atoms with Crippen LogP contribution in [0, 0.1) is 20.8 Å². The van der Waals surface area contributed by atoms with Gasteiger partial charge in [0.2, 0.25) is 11.8 Å². The van der Waals surface area contributed by atoms with Crippen LogP contribution in [0.4, 0.5) is 11.4 Å². The first-order valence-corrected chi connectivity index (χ1v) is 10.3. The van der Waals surface area contributed by atoms with Gasteiger partial charge in [-0.3, -0.25) is 14.5 Å². The van der Waals surface area contributed by atoms with Crippen LogP contribution in [0.5, 0.6) is 0 Å². The maximum atomic E-state index is 13.2. The summed E-state index contributed by atoms with van der Waals surface area (Å²) in [6.45, 7) is 6.07. The molecule has 0 heterocycles. The third-order valence-corrected chi connectivity index (χ3v) is 5.40. The summed E-state index contributed by atoms with van der Waals surface area (Å²) < 4.78 is 0. The number of hydrogen-bond donors (Lipinski definition) is 2. The van der Waals surface area contributed by atoms with E-state index < -0.39 is 6.04 Å². The fourth-order valence-electron chi connectivity index (χ4n) is 3.48. The molecule has 0 saturated heterocycles. The summed E-state index contributed by atoms with van der Waals surface area (Å²) in [4.78, 5) is 27.7. The van der Waals surface area contributed by atoms with E-state index in [1.54, 1.807) is 11.9 Å². The second kappa shape index (κ2) is 10.0. The zero-order chi connectivity index (χ0) is 22.4. The number of hydrogen-bond acceptors (Lipinski definition) is 3. The summed E-state index contributed by atoms with van der Waals surface area (Å²) in [5, 5.41) is 5.95. The second-order valence-electron chi connectivity index (χ2n) is 7.88. The third-order valence-electron chi connectivity index (χ3n) is 5.40. The van der Waals surface area contributed by atoms with Gasteiger partial charge in [-0.05, 0) is 62.7 Å². The summed E-state index contributed by atoms with van der Waals surface area (Å²) in [6, 6.07) is 22.4. The summed E-state index contributed by atoms with van der Waals surface area (Å²) in [5.74, 6) is -0.350. The lowest BCUT2D eigenvalue weighted by atomic mass is 10.0. The van der Waals surface area contributed by atoms with Crippen molar-refractivity contribution in [1.29, 1.82) is 0 Å². The van der Waals surface area contributed by atoms with Crippen molar-refractivity contribution in [2.24, 2.45) is 0 Å². The molecule has 2 N–H and O–H groups in total. The molecule has 3 aromatic rings. The molecular weight excluding hydrogens is 386 g/mol. The molecule has 0 aromatic heterocycles. The van der Waals surface area contributed by atoms with E-state index in [1.807, 2.05) is 93.6 Å². The van der Waals surface area contributed by atoms with E-state index in [2.05, 4.69) is 10.6 Å². The van der Waals surface area contributed by atoms with E-state index in [-0.39, 0.29) is 18.4 Å². The molecule has 0 aliphatic heterocycles. The van der Waals surface area contributed by atoms with Gasteiger partial charge < -0.3 is 10.6 Å². The predicted octanol–water partition coefficient (Wildman–Crippen LogP) is 4.86. The van der Waals surface area contributed by atoms with Crippen molar-refractivity contribution in [3.63, 3.8) is 0 Å².